The molecule has 0 saturated heterocycles. The molecule has 0 aliphatic heterocycles. The number of non-ortho nitro benzene ring substituents is 1. The molecule has 2 amide bonds. The van der Waals surface area contributed by atoms with Crippen molar-refractivity contribution in [3.8, 4) is 5.75 Å². The maximum absolute atomic E-state index is 12.3. The van der Waals surface area contributed by atoms with Gasteiger partial charge >= 0.3 is 0 Å². The Morgan fingerprint density at radius 2 is 1.71 bits per heavy atom. The molecular formula is C23H21N3O5. The SMILES string of the molecule is Cc1ccc(NC(=O)COc2ccc(NC(=O)c3cccc([N+](=O)[O-])c3)cc2)c(C)c1. The molecule has 158 valence electrons. The quantitative estimate of drug-likeness (QED) is 0.433. The zero-order valence-corrected chi connectivity index (χ0v) is 17.0. The molecule has 0 aliphatic rings. The van der Waals surface area contributed by atoms with Crippen LogP contribution in [0.1, 0.15) is 21.5 Å². The van der Waals surface area contributed by atoms with E-state index in [0.717, 1.165) is 16.8 Å². The summed E-state index contributed by atoms with van der Waals surface area (Å²) < 4.78 is 5.49. The van der Waals surface area contributed by atoms with Crippen LogP contribution in [-0.4, -0.2) is 23.3 Å². The van der Waals surface area contributed by atoms with Crippen LogP contribution in [0.4, 0.5) is 17.1 Å². The molecule has 0 saturated carbocycles. The largest absolute Gasteiger partial charge is 0.484 e. The van der Waals surface area contributed by atoms with E-state index in [2.05, 4.69) is 10.6 Å². The molecular weight excluding hydrogens is 398 g/mol. The summed E-state index contributed by atoms with van der Waals surface area (Å²) >= 11 is 0. The van der Waals surface area contributed by atoms with Crippen LogP contribution in [0.3, 0.4) is 0 Å². The third-order valence-electron chi connectivity index (χ3n) is 4.46. The summed E-state index contributed by atoms with van der Waals surface area (Å²) in [4.78, 5) is 34.7. The van der Waals surface area contributed by atoms with Crippen molar-refractivity contribution in [3.05, 3.63) is 93.5 Å². The summed E-state index contributed by atoms with van der Waals surface area (Å²) in [5, 5.41) is 16.3. The van der Waals surface area contributed by atoms with Crippen molar-refractivity contribution >= 4 is 28.9 Å². The average molecular weight is 419 g/mol. The molecule has 0 spiro atoms. The molecule has 0 heterocycles. The molecule has 0 fully saturated rings. The van der Waals surface area contributed by atoms with Crippen LogP contribution in [0.15, 0.2) is 66.7 Å². The summed E-state index contributed by atoms with van der Waals surface area (Å²) in [7, 11) is 0. The molecule has 0 aliphatic carbocycles. The van der Waals surface area contributed by atoms with Crippen molar-refractivity contribution in [1.82, 2.24) is 0 Å². The molecule has 0 aromatic heterocycles. The van der Waals surface area contributed by atoms with Gasteiger partial charge in [0.2, 0.25) is 0 Å². The third-order valence-corrected chi connectivity index (χ3v) is 4.46. The van der Waals surface area contributed by atoms with Gasteiger partial charge in [0.05, 0.1) is 4.92 Å². The van der Waals surface area contributed by atoms with Gasteiger partial charge in [-0.3, -0.25) is 19.7 Å². The minimum absolute atomic E-state index is 0.157. The second-order valence-corrected chi connectivity index (χ2v) is 6.94. The van der Waals surface area contributed by atoms with Gasteiger partial charge in [0.15, 0.2) is 6.61 Å². The number of nitro groups is 1. The number of hydrogen-bond acceptors (Lipinski definition) is 5. The lowest BCUT2D eigenvalue weighted by atomic mass is 10.1. The lowest BCUT2D eigenvalue weighted by Gasteiger charge is -2.11. The van der Waals surface area contributed by atoms with E-state index in [0.29, 0.717) is 11.4 Å². The van der Waals surface area contributed by atoms with Gasteiger partial charge < -0.3 is 15.4 Å². The van der Waals surface area contributed by atoms with E-state index in [1.165, 1.54) is 24.3 Å². The second-order valence-electron chi connectivity index (χ2n) is 6.94. The first-order valence-electron chi connectivity index (χ1n) is 9.47. The van der Waals surface area contributed by atoms with Gasteiger partial charge in [-0.1, -0.05) is 23.8 Å². The molecule has 8 nitrogen and oxygen atoms in total. The Morgan fingerprint density at radius 1 is 0.968 bits per heavy atom. The number of hydrogen-bond donors (Lipinski definition) is 2. The Labute approximate surface area is 179 Å². The van der Waals surface area contributed by atoms with Gasteiger partial charge in [0.1, 0.15) is 5.75 Å². The predicted molar refractivity (Wildman–Crippen MR) is 118 cm³/mol. The van der Waals surface area contributed by atoms with Gasteiger partial charge in [0.25, 0.3) is 17.5 Å². The number of nitrogens with one attached hydrogen (secondary N) is 2. The fraction of sp³-hybridized carbons (Fsp3) is 0.130. The van der Waals surface area contributed by atoms with Gasteiger partial charge in [-0.05, 0) is 55.8 Å². The third kappa shape index (κ3) is 5.89. The van der Waals surface area contributed by atoms with E-state index in [-0.39, 0.29) is 23.8 Å². The normalized spacial score (nSPS) is 10.3. The van der Waals surface area contributed by atoms with E-state index in [1.807, 2.05) is 32.0 Å². The first-order valence-corrected chi connectivity index (χ1v) is 9.47. The fourth-order valence-corrected chi connectivity index (χ4v) is 2.89. The lowest BCUT2D eigenvalue weighted by molar-refractivity contribution is -0.384. The van der Waals surface area contributed by atoms with E-state index in [1.54, 1.807) is 24.3 Å². The fourth-order valence-electron chi connectivity index (χ4n) is 2.89. The van der Waals surface area contributed by atoms with Crippen molar-refractivity contribution < 1.29 is 19.2 Å². The number of anilines is 2. The van der Waals surface area contributed by atoms with E-state index < -0.39 is 10.8 Å². The van der Waals surface area contributed by atoms with Crippen LogP contribution in [0, 0.1) is 24.0 Å². The van der Waals surface area contributed by atoms with Crippen molar-refractivity contribution in [2.24, 2.45) is 0 Å². The summed E-state index contributed by atoms with van der Waals surface area (Å²) in [5.41, 5.74) is 3.33. The first-order chi connectivity index (χ1) is 14.8. The highest BCUT2D eigenvalue weighted by molar-refractivity contribution is 6.04. The Morgan fingerprint density at radius 3 is 2.39 bits per heavy atom. The van der Waals surface area contributed by atoms with Gasteiger partial charge in [0, 0.05) is 29.1 Å². The first kappa shape index (κ1) is 21.5. The Hall–Kier alpha value is -4.20. The van der Waals surface area contributed by atoms with E-state index in [4.69, 9.17) is 4.74 Å². The molecule has 0 atom stereocenters. The van der Waals surface area contributed by atoms with Crippen LogP contribution < -0.4 is 15.4 Å². The summed E-state index contributed by atoms with van der Waals surface area (Å²) in [5.74, 6) is -0.288. The Bertz CT molecular complexity index is 1130. The number of nitro benzene ring substituents is 1. The summed E-state index contributed by atoms with van der Waals surface area (Å²) in [6, 6.07) is 17.7. The zero-order chi connectivity index (χ0) is 22.4. The highest BCUT2D eigenvalue weighted by Crippen LogP contribution is 2.19. The minimum Gasteiger partial charge on any atom is -0.484 e. The number of rotatable bonds is 7. The highest BCUT2D eigenvalue weighted by Gasteiger charge is 2.12. The van der Waals surface area contributed by atoms with Crippen molar-refractivity contribution in [1.29, 1.82) is 0 Å². The molecule has 3 rings (SSSR count). The van der Waals surface area contributed by atoms with Crippen LogP contribution >= 0.6 is 0 Å². The second kappa shape index (κ2) is 9.53. The molecule has 3 aromatic rings. The number of aryl methyl sites for hydroxylation is 2. The van der Waals surface area contributed by atoms with Crippen molar-refractivity contribution in [3.63, 3.8) is 0 Å². The standard InChI is InChI=1S/C23H21N3O5/c1-15-6-11-21(16(2)12-15)25-22(27)14-31-20-9-7-18(8-10-20)24-23(28)17-4-3-5-19(13-17)26(29)30/h3-13H,14H2,1-2H3,(H,24,28)(H,25,27). The summed E-state index contributed by atoms with van der Waals surface area (Å²) in [6.45, 7) is 3.74. The van der Waals surface area contributed by atoms with Gasteiger partial charge in [-0.15, -0.1) is 0 Å². The molecule has 0 unspecified atom stereocenters. The van der Waals surface area contributed by atoms with Crippen LogP contribution in [0.25, 0.3) is 0 Å². The Kier molecular flexibility index (Phi) is 6.61. The predicted octanol–water partition coefficient (Wildman–Crippen LogP) is 4.48. The highest BCUT2D eigenvalue weighted by atomic mass is 16.6. The average Bonchev–Trinajstić information content (AvgIpc) is 2.75. The molecule has 2 N–H and O–H groups in total. The maximum atomic E-state index is 12.3. The van der Waals surface area contributed by atoms with Crippen LogP contribution in [0.2, 0.25) is 0 Å². The smallest absolute Gasteiger partial charge is 0.270 e. The molecule has 0 bridgehead atoms. The van der Waals surface area contributed by atoms with Crippen LogP contribution in [0.5, 0.6) is 5.75 Å². The molecule has 8 heteroatoms. The minimum atomic E-state index is -0.556. The molecule has 3 aromatic carbocycles. The number of amides is 2. The number of carbonyl (C=O) groups is 2. The van der Waals surface area contributed by atoms with Gasteiger partial charge in [-0.25, -0.2) is 0 Å². The van der Waals surface area contributed by atoms with E-state index >= 15 is 0 Å². The maximum Gasteiger partial charge on any atom is 0.270 e. The topological polar surface area (TPSA) is 111 Å². The van der Waals surface area contributed by atoms with Crippen LogP contribution in [-0.2, 0) is 4.79 Å². The number of ether oxygens (including phenoxy) is 1. The molecule has 31 heavy (non-hydrogen) atoms. The Balaban J connectivity index is 1.54. The monoisotopic (exact) mass is 419 g/mol. The number of benzene rings is 3. The van der Waals surface area contributed by atoms with Gasteiger partial charge in [-0.2, -0.15) is 0 Å². The zero-order valence-electron chi connectivity index (χ0n) is 17.0. The summed E-state index contributed by atoms with van der Waals surface area (Å²) in [6.07, 6.45) is 0. The number of nitrogens with zero attached hydrogens (tertiary/aromatic N) is 1. The van der Waals surface area contributed by atoms with Crippen molar-refractivity contribution in [2.75, 3.05) is 17.2 Å². The lowest BCUT2D eigenvalue weighted by Crippen LogP contribution is -2.20. The van der Waals surface area contributed by atoms with E-state index in [9.17, 15) is 19.7 Å². The number of carbonyl (C=O) groups excluding carboxylic acids is 2. The molecule has 0 radical (unpaired) electrons. The van der Waals surface area contributed by atoms with Crippen molar-refractivity contribution in [2.45, 2.75) is 13.8 Å².